The number of halogens is 2. The Morgan fingerprint density at radius 3 is 2.82 bits per heavy atom. The van der Waals surface area contributed by atoms with Crippen LogP contribution in [0.15, 0.2) is 10.7 Å². The fourth-order valence-electron chi connectivity index (χ4n) is 2.02. The number of hydrogen-bond acceptors (Lipinski definition) is 2. The summed E-state index contributed by atoms with van der Waals surface area (Å²) in [7, 11) is 0. The summed E-state index contributed by atoms with van der Waals surface area (Å²) < 4.78 is 0.972. The Morgan fingerprint density at radius 1 is 1.53 bits per heavy atom. The number of anilines is 1. The lowest BCUT2D eigenvalue weighted by Gasteiger charge is -2.19. The van der Waals surface area contributed by atoms with Crippen LogP contribution in [0.5, 0.6) is 0 Å². The van der Waals surface area contributed by atoms with Crippen molar-refractivity contribution in [1.29, 1.82) is 0 Å². The topological polar surface area (TPSA) is 33.2 Å². The number of aromatic nitrogens is 1. The van der Waals surface area contributed by atoms with Crippen LogP contribution in [-0.2, 0) is 4.79 Å². The molecule has 2 heterocycles. The molecule has 1 amide bonds. The summed E-state index contributed by atoms with van der Waals surface area (Å²) in [6.45, 7) is 4.69. The fourth-order valence-corrected chi connectivity index (χ4v) is 2.63. The van der Waals surface area contributed by atoms with Crippen LogP contribution in [0.25, 0.3) is 0 Å². The van der Waals surface area contributed by atoms with Crippen molar-refractivity contribution < 1.29 is 4.79 Å². The van der Waals surface area contributed by atoms with Gasteiger partial charge in [-0.1, -0.05) is 0 Å². The average Bonchev–Trinajstić information content (AvgIpc) is 2.68. The lowest BCUT2D eigenvalue weighted by Crippen LogP contribution is -2.26. The number of carbonyl (C=O) groups excluding carboxylic acids is 1. The zero-order chi connectivity index (χ0) is 12.6. The van der Waals surface area contributed by atoms with Crippen molar-refractivity contribution in [3.63, 3.8) is 0 Å². The molecule has 5 heteroatoms. The highest BCUT2D eigenvalue weighted by Crippen LogP contribution is 2.30. The number of amides is 1. The van der Waals surface area contributed by atoms with E-state index in [-0.39, 0.29) is 11.8 Å². The summed E-state index contributed by atoms with van der Waals surface area (Å²) in [5, 5.41) is 0. The zero-order valence-corrected chi connectivity index (χ0v) is 12.2. The number of rotatable bonds is 2. The highest BCUT2D eigenvalue weighted by atomic mass is 79.9. The standard InChI is InChI=1S/C12H14BrClN2O/c1-7-8(2)12(15-5-10(7)13)16-6-9(4-14)3-11(16)17/h5,9H,3-4,6H2,1-2H3. The van der Waals surface area contributed by atoms with Gasteiger partial charge in [-0.3, -0.25) is 9.69 Å². The highest BCUT2D eigenvalue weighted by molar-refractivity contribution is 9.10. The first-order valence-electron chi connectivity index (χ1n) is 5.52. The van der Waals surface area contributed by atoms with E-state index in [4.69, 9.17) is 11.6 Å². The highest BCUT2D eigenvalue weighted by Gasteiger charge is 2.31. The van der Waals surface area contributed by atoms with Crippen LogP contribution in [0, 0.1) is 19.8 Å². The maximum absolute atomic E-state index is 11.9. The predicted octanol–water partition coefficient (Wildman–Crippen LogP) is 3.05. The summed E-state index contributed by atoms with van der Waals surface area (Å²) in [6, 6.07) is 0. The van der Waals surface area contributed by atoms with E-state index in [9.17, 15) is 4.79 Å². The van der Waals surface area contributed by atoms with Crippen molar-refractivity contribution in [2.75, 3.05) is 17.3 Å². The van der Waals surface area contributed by atoms with Crippen LogP contribution in [0.1, 0.15) is 17.5 Å². The van der Waals surface area contributed by atoms with Gasteiger partial charge in [0.2, 0.25) is 5.91 Å². The smallest absolute Gasteiger partial charge is 0.228 e. The van der Waals surface area contributed by atoms with Gasteiger partial charge in [-0.25, -0.2) is 4.98 Å². The molecule has 1 aliphatic heterocycles. The summed E-state index contributed by atoms with van der Waals surface area (Å²) in [4.78, 5) is 18.0. The van der Waals surface area contributed by atoms with Crippen molar-refractivity contribution in [1.82, 2.24) is 4.98 Å². The molecule has 1 aromatic heterocycles. The van der Waals surface area contributed by atoms with Gasteiger partial charge in [0.1, 0.15) is 5.82 Å². The maximum atomic E-state index is 11.9. The predicted molar refractivity (Wildman–Crippen MR) is 72.6 cm³/mol. The Morgan fingerprint density at radius 2 is 2.24 bits per heavy atom. The minimum Gasteiger partial charge on any atom is -0.296 e. The van der Waals surface area contributed by atoms with Crippen LogP contribution in [-0.4, -0.2) is 23.3 Å². The summed E-state index contributed by atoms with van der Waals surface area (Å²) in [6.07, 6.45) is 2.28. The van der Waals surface area contributed by atoms with Crippen molar-refractivity contribution in [3.8, 4) is 0 Å². The van der Waals surface area contributed by atoms with E-state index in [0.29, 0.717) is 18.8 Å². The van der Waals surface area contributed by atoms with Gasteiger partial charge < -0.3 is 0 Å². The molecule has 2 rings (SSSR count). The molecule has 17 heavy (non-hydrogen) atoms. The van der Waals surface area contributed by atoms with Gasteiger partial charge >= 0.3 is 0 Å². The molecule has 0 spiro atoms. The number of hydrogen-bond donors (Lipinski definition) is 0. The molecule has 1 unspecified atom stereocenters. The molecular formula is C12H14BrClN2O. The molecular weight excluding hydrogens is 304 g/mol. The number of pyridine rings is 1. The first-order valence-corrected chi connectivity index (χ1v) is 6.85. The quantitative estimate of drug-likeness (QED) is 0.786. The van der Waals surface area contributed by atoms with E-state index in [1.165, 1.54) is 0 Å². The van der Waals surface area contributed by atoms with Crippen LogP contribution in [0.3, 0.4) is 0 Å². The molecule has 0 saturated carbocycles. The Hall–Kier alpha value is -0.610. The van der Waals surface area contributed by atoms with Gasteiger partial charge in [0, 0.05) is 29.5 Å². The van der Waals surface area contributed by atoms with Crippen molar-refractivity contribution in [2.45, 2.75) is 20.3 Å². The largest absolute Gasteiger partial charge is 0.296 e. The monoisotopic (exact) mass is 316 g/mol. The lowest BCUT2D eigenvalue weighted by atomic mass is 10.1. The van der Waals surface area contributed by atoms with E-state index in [1.54, 1.807) is 11.1 Å². The van der Waals surface area contributed by atoms with E-state index in [1.807, 2.05) is 13.8 Å². The summed E-state index contributed by atoms with van der Waals surface area (Å²) >= 11 is 9.26. The van der Waals surface area contributed by atoms with Crippen LogP contribution in [0.4, 0.5) is 5.82 Å². The Balaban J connectivity index is 2.35. The molecule has 1 fully saturated rings. The Labute approximate surface area is 114 Å². The molecule has 92 valence electrons. The molecule has 0 radical (unpaired) electrons. The van der Waals surface area contributed by atoms with Crippen LogP contribution < -0.4 is 4.90 Å². The molecule has 0 aromatic carbocycles. The third kappa shape index (κ3) is 2.33. The van der Waals surface area contributed by atoms with Crippen LogP contribution >= 0.6 is 27.5 Å². The molecule has 1 atom stereocenters. The lowest BCUT2D eigenvalue weighted by molar-refractivity contribution is -0.117. The fraction of sp³-hybridized carbons (Fsp3) is 0.500. The minimum absolute atomic E-state index is 0.118. The third-order valence-electron chi connectivity index (χ3n) is 3.24. The molecule has 0 N–H and O–H groups in total. The van der Waals surface area contributed by atoms with Gasteiger partial charge in [-0.2, -0.15) is 0 Å². The Kier molecular flexibility index (Phi) is 3.73. The molecule has 0 aliphatic carbocycles. The molecule has 1 aromatic rings. The average molecular weight is 318 g/mol. The van der Waals surface area contributed by atoms with E-state index >= 15 is 0 Å². The maximum Gasteiger partial charge on any atom is 0.228 e. The van der Waals surface area contributed by atoms with Gasteiger partial charge in [0.15, 0.2) is 0 Å². The number of nitrogens with zero attached hydrogens (tertiary/aromatic N) is 2. The van der Waals surface area contributed by atoms with E-state index < -0.39 is 0 Å². The zero-order valence-electron chi connectivity index (χ0n) is 9.83. The van der Waals surface area contributed by atoms with Crippen LogP contribution in [0.2, 0.25) is 0 Å². The first kappa shape index (κ1) is 12.8. The van der Waals surface area contributed by atoms with Crippen molar-refractivity contribution >= 4 is 39.3 Å². The normalized spacial score (nSPS) is 20.1. The van der Waals surface area contributed by atoms with Crippen molar-refractivity contribution in [3.05, 3.63) is 21.8 Å². The minimum atomic E-state index is 0.118. The van der Waals surface area contributed by atoms with E-state index in [0.717, 1.165) is 21.4 Å². The second kappa shape index (κ2) is 4.94. The number of alkyl halides is 1. The molecule has 0 bridgehead atoms. The third-order valence-corrected chi connectivity index (χ3v) is 4.47. The van der Waals surface area contributed by atoms with Crippen molar-refractivity contribution in [2.24, 2.45) is 5.92 Å². The molecule has 1 saturated heterocycles. The molecule has 1 aliphatic rings. The van der Waals surface area contributed by atoms with Gasteiger partial charge in [0.05, 0.1) is 0 Å². The number of carbonyl (C=O) groups is 1. The van der Waals surface area contributed by atoms with Gasteiger partial charge in [-0.15, -0.1) is 11.6 Å². The second-order valence-electron chi connectivity index (χ2n) is 4.41. The SMILES string of the molecule is Cc1c(Br)cnc(N2CC(CCl)CC2=O)c1C. The van der Waals surface area contributed by atoms with E-state index in [2.05, 4.69) is 20.9 Å². The molecule has 3 nitrogen and oxygen atoms in total. The first-order chi connectivity index (χ1) is 8.04. The Bertz CT molecular complexity index is 464. The van der Waals surface area contributed by atoms with Gasteiger partial charge in [0.25, 0.3) is 0 Å². The van der Waals surface area contributed by atoms with Gasteiger partial charge in [-0.05, 0) is 46.8 Å². The summed E-state index contributed by atoms with van der Waals surface area (Å²) in [5.74, 6) is 1.65. The summed E-state index contributed by atoms with van der Waals surface area (Å²) in [5.41, 5.74) is 2.17. The second-order valence-corrected chi connectivity index (χ2v) is 5.57.